The second-order valence-corrected chi connectivity index (χ2v) is 3.25. The van der Waals surface area contributed by atoms with Gasteiger partial charge in [-0.05, 0) is 6.92 Å². The van der Waals surface area contributed by atoms with Crippen LogP contribution in [0.2, 0.25) is 0 Å². The molecule has 0 aliphatic carbocycles. The first-order valence-electron chi connectivity index (χ1n) is 4.91. The van der Waals surface area contributed by atoms with Gasteiger partial charge in [0.05, 0.1) is 24.6 Å². The van der Waals surface area contributed by atoms with Crippen LogP contribution < -0.4 is 4.74 Å². The smallest absolute Gasteiger partial charge is 0.185 e. The summed E-state index contributed by atoms with van der Waals surface area (Å²) >= 11 is 0. The summed E-state index contributed by atoms with van der Waals surface area (Å²) in [7, 11) is 1.75. The largest absolute Gasteiger partial charge is 0.491 e. The molecule has 16 heavy (non-hydrogen) atoms. The highest BCUT2D eigenvalue weighted by Gasteiger charge is 2.10. The lowest BCUT2D eigenvalue weighted by Crippen LogP contribution is -1.99. The Balaban J connectivity index is 2.37. The number of nitrogens with zero attached hydrogens (tertiary/aromatic N) is 4. The van der Waals surface area contributed by atoms with E-state index in [0.717, 1.165) is 6.29 Å². The molecule has 0 saturated heterocycles. The van der Waals surface area contributed by atoms with Gasteiger partial charge in [0.15, 0.2) is 17.9 Å². The van der Waals surface area contributed by atoms with Crippen molar-refractivity contribution in [1.29, 1.82) is 0 Å². The second kappa shape index (κ2) is 4.18. The molecule has 0 saturated carbocycles. The fraction of sp³-hybridized carbons (Fsp3) is 0.300. The van der Waals surface area contributed by atoms with Crippen molar-refractivity contribution < 1.29 is 9.53 Å². The van der Waals surface area contributed by atoms with Crippen molar-refractivity contribution in [3.05, 3.63) is 24.2 Å². The van der Waals surface area contributed by atoms with E-state index in [1.807, 2.05) is 6.92 Å². The van der Waals surface area contributed by atoms with Gasteiger partial charge in [-0.3, -0.25) is 9.48 Å². The maximum absolute atomic E-state index is 10.8. The van der Waals surface area contributed by atoms with Crippen molar-refractivity contribution in [3.8, 4) is 11.6 Å². The van der Waals surface area contributed by atoms with Crippen LogP contribution in [-0.4, -0.2) is 32.5 Å². The van der Waals surface area contributed by atoms with Gasteiger partial charge < -0.3 is 4.74 Å². The Morgan fingerprint density at radius 3 is 3.00 bits per heavy atom. The van der Waals surface area contributed by atoms with Gasteiger partial charge in [0, 0.05) is 13.2 Å². The van der Waals surface area contributed by atoms with Gasteiger partial charge in [0.1, 0.15) is 0 Å². The zero-order valence-electron chi connectivity index (χ0n) is 9.12. The number of ether oxygens (including phenoxy) is 1. The molecule has 84 valence electrons. The minimum Gasteiger partial charge on any atom is -0.491 e. The number of rotatable bonds is 4. The molecule has 0 unspecified atom stereocenters. The van der Waals surface area contributed by atoms with Crippen molar-refractivity contribution in [1.82, 2.24) is 19.6 Å². The molecule has 0 aromatic carbocycles. The van der Waals surface area contributed by atoms with E-state index in [1.54, 1.807) is 30.3 Å². The number of hydrogen-bond donors (Lipinski definition) is 0. The number of hydrogen-bond acceptors (Lipinski definition) is 4. The zero-order valence-corrected chi connectivity index (χ0v) is 9.12. The summed E-state index contributed by atoms with van der Waals surface area (Å²) < 4.78 is 8.38. The molecule has 2 rings (SSSR count). The average Bonchev–Trinajstić information content (AvgIpc) is 2.85. The van der Waals surface area contributed by atoms with Crippen LogP contribution in [0.15, 0.2) is 18.6 Å². The van der Waals surface area contributed by atoms with Crippen molar-refractivity contribution in [2.45, 2.75) is 6.92 Å². The van der Waals surface area contributed by atoms with Crippen LogP contribution in [0.5, 0.6) is 5.75 Å². The van der Waals surface area contributed by atoms with E-state index < -0.39 is 0 Å². The van der Waals surface area contributed by atoms with E-state index in [0.29, 0.717) is 23.7 Å². The SMILES string of the molecule is CCOc1cnn(-c2nn(C)cc2C=O)c1. The Hall–Kier alpha value is -2.11. The molecule has 6 nitrogen and oxygen atoms in total. The summed E-state index contributed by atoms with van der Waals surface area (Å²) in [5.41, 5.74) is 0.494. The van der Waals surface area contributed by atoms with Crippen LogP contribution in [0.1, 0.15) is 17.3 Å². The van der Waals surface area contributed by atoms with Gasteiger partial charge in [-0.25, -0.2) is 4.68 Å². The van der Waals surface area contributed by atoms with E-state index in [-0.39, 0.29) is 0 Å². The van der Waals surface area contributed by atoms with E-state index in [9.17, 15) is 4.79 Å². The Kier molecular flexibility index (Phi) is 2.72. The van der Waals surface area contributed by atoms with E-state index >= 15 is 0 Å². The summed E-state index contributed by atoms with van der Waals surface area (Å²) in [6.45, 7) is 2.48. The van der Waals surface area contributed by atoms with Crippen LogP contribution in [0, 0.1) is 0 Å². The number of aldehydes is 1. The van der Waals surface area contributed by atoms with E-state index in [4.69, 9.17) is 4.74 Å². The molecule has 0 bridgehead atoms. The number of aromatic nitrogens is 4. The van der Waals surface area contributed by atoms with Crippen molar-refractivity contribution in [2.24, 2.45) is 7.05 Å². The molecular formula is C10H12N4O2. The van der Waals surface area contributed by atoms with Gasteiger partial charge in [0.25, 0.3) is 0 Å². The monoisotopic (exact) mass is 220 g/mol. The van der Waals surface area contributed by atoms with Gasteiger partial charge in [-0.2, -0.15) is 10.2 Å². The number of carbonyl (C=O) groups excluding carboxylic acids is 1. The van der Waals surface area contributed by atoms with Gasteiger partial charge in [-0.1, -0.05) is 0 Å². The highest BCUT2D eigenvalue weighted by molar-refractivity contribution is 5.79. The fourth-order valence-corrected chi connectivity index (χ4v) is 1.42. The summed E-state index contributed by atoms with van der Waals surface area (Å²) in [5.74, 6) is 1.16. The first-order chi connectivity index (χ1) is 7.74. The van der Waals surface area contributed by atoms with Gasteiger partial charge in [-0.15, -0.1) is 0 Å². The molecule has 0 aliphatic rings. The Labute approximate surface area is 92.4 Å². The van der Waals surface area contributed by atoms with Crippen LogP contribution in [0.4, 0.5) is 0 Å². The number of aryl methyl sites for hydroxylation is 1. The van der Waals surface area contributed by atoms with Crippen LogP contribution in [0.25, 0.3) is 5.82 Å². The van der Waals surface area contributed by atoms with Crippen LogP contribution in [-0.2, 0) is 7.05 Å². The van der Waals surface area contributed by atoms with Crippen LogP contribution in [0.3, 0.4) is 0 Å². The molecule has 0 atom stereocenters. The minimum atomic E-state index is 0.494. The zero-order chi connectivity index (χ0) is 11.5. The maximum atomic E-state index is 10.8. The summed E-state index contributed by atoms with van der Waals surface area (Å²) in [5, 5.41) is 8.24. The summed E-state index contributed by atoms with van der Waals surface area (Å²) in [4.78, 5) is 10.8. The van der Waals surface area contributed by atoms with Crippen molar-refractivity contribution >= 4 is 6.29 Å². The highest BCUT2D eigenvalue weighted by atomic mass is 16.5. The molecule has 0 radical (unpaired) electrons. The molecule has 0 N–H and O–H groups in total. The van der Waals surface area contributed by atoms with Crippen molar-refractivity contribution in [3.63, 3.8) is 0 Å². The third kappa shape index (κ3) is 1.81. The topological polar surface area (TPSA) is 61.9 Å². The molecule has 0 amide bonds. The third-order valence-corrected chi connectivity index (χ3v) is 2.05. The maximum Gasteiger partial charge on any atom is 0.185 e. The number of carbonyl (C=O) groups is 1. The first-order valence-corrected chi connectivity index (χ1v) is 4.91. The van der Waals surface area contributed by atoms with Gasteiger partial charge >= 0.3 is 0 Å². The van der Waals surface area contributed by atoms with E-state index in [2.05, 4.69) is 10.2 Å². The molecule has 0 fully saturated rings. The molecule has 2 heterocycles. The van der Waals surface area contributed by atoms with E-state index in [1.165, 1.54) is 4.68 Å². The van der Waals surface area contributed by atoms with Crippen molar-refractivity contribution in [2.75, 3.05) is 6.61 Å². The second-order valence-electron chi connectivity index (χ2n) is 3.25. The minimum absolute atomic E-state index is 0.494. The van der Waals surface area contributed by atoms with Crippen LogP contribution >= 0.6 is 0 Å². The summed E-state index contributed by atoms with van der Waals surface area (Å²) in [6.07, 6.45) is 5.68. The average molecular weight is 220 g/mol. The predicted octanol–water partition coefficient (Wildman–Crippen LogP) is 0.817. The fourth-order valence-electron chi connectivity index (χ4n) is 1.42. The standard InChI is InChI=1S/C10H12N4O2/c1-3-16-9-4-11-14(6-9)10-8(7-15)5-13(2)12-10/h4-7H,3H2,1-2H3. The highest BCUT2D eigenvalue weighted by Crippen LogP contribution is 2.14. The first kappa shape index (κ1) is 10.4. The lowest BCUT2D eigenvalue weighted by Gasteiger charge is -1.97. The molecule has 2 aromatic heterocycles. The summed E-state index contributed by atoms with van der Waals surface area (Å²) in [6, 6.07) is 0. The van der Waals surface area contributed by atoms with Gasteiger partial charge in [0.2, 0.25) is 0 Å². The molecule has 2 aromatic rings. The Morgan fingerprint density at radius 1 is 1.50 bits per heavy atom. The Bertz CT molecular complexity index is 501. The normalized spacial score (nSPS) is 10.4. The quantitative estimate of drug-likeness (QED) is 0.715. The third-order valence-electron chi connectivity index (χ3n) is 2.05. The molecular weight excluding hydrogens is 208 g/mol. The molecule has 6 heteroatoms. The lowest BCUT2D eigenvalue weighted by molar-refractivity contribution is 0.112. The lowest BCUT2D eigenvalue weighted by atomic mass is 10.4. The predicted molar refractivity (Wildman–Crippen MR) is 56.9 cm³/mol. The molecule has 0 aliphatic heterocycles. The Morgan fingerprint density at radius 2 is 2.31 bits per heavy atom. The molecule has 0 spiro atoms.